The maximum Gasteiger partial charge on any atom is 0.269 e. The zero-order valence-electron chi connectivity index (χ0n) is 15.7. The number of carbonyl (C=O) groups is 1. The molecule has 8 nitrogen and oxygen atoms in total. The molecule has 0 radical (unpaired) electrons. The Morgan fingerprint density at radius 1 is 1.26 bits per heavy atom. The van der Waals surface area contributed by atoms with E-state index in [-0.39, 0.29) is 11.6 Å². The third-order valence-corrected chi connectivity index (χ3v) is 4.83. The van der Waals surface area contributed by atoms with E-state index in [2.05, 4.69) is 29.2 Å². The van der Waals surface area contributed by atoms with Gasteiger partial charge in [0.1, 0.15) is 0 Å². The van der Waals surface area contributed by atoms with Gasteiger partial charge in [-0.15, -0.1) is 0 Å². The van der Waals surface area contributed by atoms with Gasteiger partial charge in [0, 0.05) is 44.5 Å². The summed E-state index contributed by atoms with van der Waals surface area (Å²) in [5.74, 6) is 1.23. The van der Waals surface area contributed by atoms with Crippen LogP contribution in [0, 0.1) is 22.0 Å². The summed E-state index contributed by atoms with van der Waals surface area (Å²) in [6.07, 6.45) is 4.40. The molecule has 0 saturated carbocycles. The molecule has 2 heterocycles. The van der Waals surface area contributed by atoms with E-state index in [1.807, 2.05) is 0 Å². The quantitative estimate of drug-likeness (QED) is 0.622. The highest BCUT2D eigenvalue weighted by molar-refractivity contribution is 5.93. The molecule has 1 aliphatic rings. The topological polar surface area (TPSA) is 93.3 Å². The number of amides is 1. The smallest absolute Gasteiger partial charge is 0.269 e. The summed E-state index contributed by atoms with van der Waals surface area (Å²) >= 11 is 0. The third kappa shape index (κ3) is 4.91. The minimum absolute atomic E-state index is 0.0187. The van der Waals surface area contributed by atoms with Crippen molar-refractivity contribution >= 4 is 11.6 Å². The van der Waals surface area contributed by atoms with Gasteiger partial charge in [-0.3, -0.25) is 14.9 Å². The maximum absolute atomic E-state index is 12.3. The summed E-state index contributed by atoms with van der Waals surface area (Å²) < 4.78 is 1.53. The molecule has 1 fully saturated rings. The van der Waals surface area contributed by atoms with Crippen molar-refractivity contribution in [1.82, 2.24) is 20.0 Å². The van der Waals surface area contributed by atoms with Crippen LogP contribution in [0.5, 0.6) is 0 Å². The van der Waals surface area contributed by atoms with Crippen LogP contribution < -0.4 is 5.32 Å². The second-order valence-corrected chi connectivity index (χ2v) is 7.41. The predicted octanol–water partition coefficient (Wildman–Crippen LogP) is 2.49. The van der Waals surface area contributed by atoms with Gasteiger partial charge in [0.05, 0.1) is 22.4 Å². The number of piperidine rings is 1. The van der Waals surface area contributed by atoms with E-state index < -0.39 is 4.92 Å². The van der Waals surface area contributed by atoms with Crippen molar-refractivity contribution in [2.24, 2.45) is 11.8 Å². The fourth-order valence-electron chi connectivity index (χ4n) is 3.71. The van der Waals surface area contributed by atoms with Crippen LogP contribution in [0.1, 0.15) is 30.6 Å². The third-order valence-electron chi connectivity index (χ3n) is 4.83. The molecule has 1 saturated heterocycles. The fourth-order valence-corrected chi connectivity index (χ4v) is 3.71. The van der Waals surface area contributed by atoms with Gasteiger partial charge in [0.25, 0.3) is 11.6 Å². The number of nitro benzene ring substituents is 1. The zero-order chi connectivity index (χ0) is 19.4. The number of nitrogens with one attached hydrogen (secondary N) is 1. The number of nitro groups is 1. The largest absolute Gasteiger partial charge is 0.351 e. The van der Waals surface area contributed by atoms with E-state index in [9.17, 15) is 14.9 Å². The summed E-state index contributed by atoms with van der Waals surface area (Å²) in [7, 11) is 0. The second kappa shape index (κ2) is 8.30. The SMILES string of the molecule is CC1CC(C)CN(CCNC(=O)c2cnn(-c3ccc([N+](=O)[O-])cc3)c2)C1. The van der Waals surface area contributed by atoms with Crippen molar-refractivity contribution in [3.8, 4) is 5.69 Å². The number of aromatic nitrogens is 2. The first-order valence-corrected chi connectivity index (χ1v) is 9.22. The van der Waals surface area contributed by atoms with Crippen LogP contribution in [0.15, 0.2) is 36.7 Å². The van der Waals surface area contributed by atoms with Crippen molar-refractivity contribution in [3.05, 3.63) is 52.3 Å². The maximum atomic E-state index is 12.3. The fraction of sp³-hybridized carbons (Fsp3) is 0.474. The lowest BCUT2D eigenvalue weighted by Gasteiger charge is -2.34. The first-order valence-electron chi connectivity index (χ1n) is 9.22. The predicted molar refractivity (Wildman–Crippen MR) is 102 cm³/mol. The molecule has 27 heavy (non-hydrogen) atoms. The van der Waals surface area contributed by atoms with Gasteiger partial charge < -0.3 is 10.2 Å². The minimum Gasteiger partial charge on any atom is -0.351 e. The van der Waals surface area contributed by atoms with Crippen molar-refractivity contribution in [1.29, 1.82) is 0 Å². The van der Waals surface area contributed by atoms with Gasteiger partial charge in [-0.2, -0.15) is 5.10 Å². The highest BCUT2D eigenvalue weighted by Crippen LogP contribution is 2.20. The molecule has 2 aromatic rings. The van der Waals surface area contributed by atoms with Crippen LogP contribution in [0.4, 0.5) is 5.69 Å². The molecule has 1 aliphatic heterocycles. The number of hydrogen-bond donors (Lipinski definition) is 1. The van der Waals surface area contributed by atoms with Crippen molar-refractivity contribution in [2.75, 3.05) is 26.2 Å². The van der Waals surface area contributed by atoms with E-state index in [0.717, 1.165) is 19.6 Å². The summed E-state index contributed by atoms with van der Waals surface area (Å²) in [4.78, 5) is 25.0. The van der Waals surface area contributed by atoms with Gasteiger partial charge in [0.2, 0.25) is 0 Å². The Morgan fingerprint density at radius 2 is 1.93 bits per heavy atom. The number of carbonyl (C=O) groups excluding carboxylic acids is 1. The molecule has 2 atom stereocenters. The van der Waals surface area contributed by atoms with Crippen molar-refractivity contribution in [2.45, 2.75) is 20.3 Å². The highest BCUT2D eigenvalue weighted by Gasteiger charge is 2.21. The molecule has 1 aromatic heterocycles. The number of likely N-dealkylation sites (tertiary alicyclic amines) is 1. The Hall–Kier alpha value is -2.74. The molecule has 3 rings (SSSR count). The van der Waals surface area contributed by atoms with Crippen molar-refractivity contribution < 1.29 is 9.72 Å². The normalized spacial score (nSPS) is 20.4. The number of benzene rings is 1. The molecule has 0 aliphatic carbocycles. The van der Waals surface area contributed by atoms with Gasteiger partial charge in [-0.05, 0) is 30.4 Å². The molecule has 0 spiro atoms. The lowest BCUT2D eigenvalue weighted by atomic mass is 9.92. The number of non-ortho nitro benzene ring substituents is 1. The molecule has 8 heteroatoms. The zero-order valence-corrected chi connectivity index (χ0v) is 15.7. The van der Waals surface area contributed by atoms with Gasteiger partial charge in [-0.1, -0.05) is 13.8 Å². The first-order chi connectivity index (χ1) is 12.9. The highest BCUT2D eigenvalue weighted by atomic mass is 16.6. The summed E-state index contributed by atoms with van der Waals surface area (Å²) in [5, 5.41) is 17.8. The monoisotopic (exact) mass is 371 g/mol. The van der Waals surface area contributed by atoms with E-state index in [0.29, 0.717) is 29.6 Å². The van der Waals surface area contributed by atoms with Crippen LogP contribution in [0.3, 0.4) is 0 Å². The van der Waals surface area contributed by atoms with Gasteiger partial charge in [-0.25, -0.2) is 4.68 Å². The summed E-state index contributed by atoms with van der Waals surface area (Å²) in [6.45, 7) is 8.15. The molecular formula is C19H25N5O3. The van der Waals surface area contributed by atoms with Gasteiger partial charge in [0.15, 0.2) is 0 Å². The molecule has 1 amide bonds. The Balaban J connectivity index is 1.53. The molecule has 2 unspecified atom stereocenters. The average Bonchev–Trinajstić information content (AvgIpc) is 3.11. The Morgan fingerprint density at radius 3 is 2.56 bits per heavy atom. The van der Waals surface area contributed by atoms with E-state index >= 15 is 0 Å². The number of rotatable bonds is 6. The summed E-state index contributed by atoms with van der Waals surface area (Å²) in [6, 6.07) is 6.03. The first kappa shape index (κ1) is 19.0. The lowest BCUT2D eigenvalue weighted by Crippen LogP contribution is -2.42. The van der Waals surface area contributed by atoms with Crippen LogP contribution in [-0.2, 0) is 0 Å². The Bertz CT molecular complexity index is 792. The molecular weight excluding hydrogens is 346 g/mol. The molecule has 1 aromatic carbocycles. The number of hydrogen-bond acceptors (Lipinski definition) is 5. The van der Waals surface area contributed by atoms with Crippen LogP contribution in [-0.4, -0.2) is 51.7 Å². The van der Waals surface area contributed by atoms with Crippen LogP contribution in [0.25, 0.3) is 5.69 Å². The molecule has 144 valence electrons. The van der Waals surface area contributed by atoms with Crippen LogP contribution in [0.2, 0.25) is 0 Å². The van der Waals surface area contributed by atoms with E-state index in [1.54, 1.807) is 18.3 Å². The van der Waals surface area contributed by atoms with E-state index in [4.69, 9.17) is 0 Å². The van der Waals surface area contributed by atoms with E-state index in [1.165, 1.54) is 29.4 Å². The standard InChI is InChI=1S/C19H25N5O3/c1-14-9-15(2)12-22(11-14)8-7-20-19(25)16-10-21-23(13-16)17-3-5-18(6-4-17)24(26)27/h3-6,10,13-15H,7-9,11-12H2,1-2H3,(H,20,25). The molecule has 0 bridgehead atoms. The molecule has 1 N–H and O–H groups in total. The van der Waals surface area contributed by atoms with Crippen LogP contribution >= 0.6 is 0 Å². The second-order valence-electron chi connectivity index (χ2n) is 7.41. The Labute approximate surface area is 158 Å². The number of nitrogens with zero attached hydrogens (tertiary/aromatic N) is 4. The lowest BCUT2D eigenvalue weighted by molar-refractivity contribution is -0.384. The summed E-state index contributed by atoms with van der Waals surface area (Å²) in [5.41, 5.74) is 1.15. The minimum atomic E-state index is -0.449. The van der Waals surface area contributed by atoms with Gasteiger partial charge >= 0.3 is 0 Å². The van der Waals surface area contributed by atoms with Crippen molar-refractivity contribution in [3.63, 3.8) is 0 Å². The average molecular weight is 371 g/mol. The Kier molecular flexibility index (Phi) is 5.85.